The van der Waals surface area contributed by atoms with Gasteiger partial charge < -0.3 is 18.5 Å². The van der Waals surface area contributed by atoms with Gasteiger partial charge in [-0.05, 0) is 130 Å². The fourth-order valence-corrected chi connectivity index (χ4v) is 5.70. The van der Waals surface area contributed by atoms with E-state index in [0.717, 1.165) is 22.6 Å². The molecular formula is C32H26Br2FN3O4. The van der Waals surface area contributed by atoms with E-state index in [1.807, 2.05) is 24.3 Å². The lowest BCUT2D eigenvalue weighted by molar-refractivity contribution is 0.0923. The van der Waals surface area contributed by atoms with Crippen molar-refractivity contribution in [1.29, 1.82) is 0 Å². The van der Waals surface area contributed by atoms with E-state index in [0.29, 0.717) is 31.8 Å². The van der Waals surface area contributed by atoms with Crippen molar-refractivity contribution in [3.63, 3.8) is 0 Å². The molecule has 0 aliphatic rings. The highest BCUT2D eigenvalue weighted by Crippen LogP contribution is 2.35. The molecule has 0 fully saturated rings. The maximum atomic E-state index is 13.1. The van der Waals surface area contributed by atoms with E-state index in [4.69, 9.17) is 13.9 Å². The Labute approximate surface area is 259 Å². The summed E-state index contributed by atoms with van der Waals surface area (Å²) >= 11 is 7.00. The number of carbonyl (C=O) groups excluding carboxylic acids is 1. The molecule has 0 saturated heterocycles. The van der Waals surface area contributed by atoms with Gasteiger partial charge in [0.05, 0.1) is 15.2 Å². The smallest absolute Gasteiger partial charge is 0.307 e. The summed E-state index contributed by atoms with van der Waals surface area (Å²) in [5, 5.41) is 4.04. The Hall–Kier alpha value is -4.15. The first kappa shape index (κ1) is 29.3. The summed E-state index contributed by atoms with van der Waals surface area (Å²) in [5.74, 6) is 1.12. The molecule has 214 valence electrons. The molecule has 1 amide bonds. The minimum absolute atomic E-state index is 0.117. The van der Waals surface area contributed by atoms with Crippen LogP contribution in [0.1, 0.15) is 38.8 Å². The van der Waals surface area contributed by atoms with Gasteiger partial charge in [-0.15, -0.1) is 0 Å². The minimum atomic E-state index is -0.489. The number of halogens is 3. The van der Waals surface area contributed by atoms with E-state index >= 15 is 0 Å². The van der Waals surface area contributed by atoms with Gasteiger partial charge in [0.15, 0.2) is 5.76 Å². The number of ether oxygens (including phenoxy) is 2. The lowest BCUT2D eigenvalue weighted by Crippen LogP contribution is -2.16. The largest absolute Gasteiger partial charge is 0.487 e. The maximum absolute atomic E-state index is 13.1. The van der Waals surface area contributed by atoms with Gasteiger partial charge in [0, 0.05) is 17.1 Å². The van der Waals surface area contributed by atoms with E-state index in [-0.39, 0.29) is 24.8 Å². The fraction of sp³-hybridized carbons (Fsp3) is 0.125. The Bertz CT molecular complexity index is 1690. The Kier molecular flexibility index (Phi) is 9.24. The second-order valence-corrected chi connectivity index (χ2v) is 11.1. The molecule has 3 aromatic carbocycles. The average Bonchev–Trinajstić information content (AvgIpc) is 3.59. The van der Waals surface area contributed by atoms with E-state index < -0.39 is 5.91 Å². The van der Waals surface area contributed by atoms with Crippen LogP contribution in [-0.4, -0.2) is 16.7 Å². The maximum Gasteiger partial charge on any atom is 0.307 e. The summed E-state index contributed by atoms with van der Waals surface area (Å²) in [5.41, 5.74) is 7.40. The first-order valence-corrected chi connectivity index (χ1v) is 14.5. The molecule has 0 unspecified atom stereocenters. The van der Waals surface area contributed by atoms with Crippen molar-refractivity contribution >= 4 is 44.0 Å². The van der Waals surface area contributed by atoms with Crippen molar-refractivity contribution in [2.75, 3.05) is 0 Å². The van der Waals surface area contributed by atoms with E-state index in [1.165, 1.54) is 18.3 Å². The van der Waals surface area contributed by atoms with Crippen molar-refractivity contribution < 1.29 is 23.1 Å². The summed E-state index contributed by atoms with van der Waals surface area (Å²) in [7, 11) is 0. The Morgan fingerprint density at radius 2 is 1.57 bits per heavy atom. The van der Waals surface area contributed by atoms with Crippen LogP contribution in [0.4, 0.5) is 4.39 Å². The molecule has 0 atom stereocenters. The van der Waals surface area contributed by atoms with E-state index in [2.05, 4.69) is 72.9 Å². The van der Waals surface area contributed by atoms with Crippen LogP contribution >= 0.6 is 31.9 Å². The van der Waals surface area contributed by atoms with Gasteiger partial charge in [0.2, 0.25) is 0 Å². The number of carbonyl (C=O) groups is 1. The average molecular weight is 695 g/mol. The van der Waals surface area contributed by atoms with Crippen LogP contribution in [-0.2, 0) is 13.2 Å². The zero-order valence-electron chi connectivity index (χ0n) is 22.7. The number of hydrogen-bond acceptors (Lipinski definition) is 5. The highest BCUT2D eigenvalue weighted by Gasteiger charge is 2.12. The Morgan fingerprint density at radius 1 is 0.905 bits per heavy atom. The van der Waals surface area contributed by atoms with Crippen LogP contribution in [0.15, 0.2) is 103 Å². The zero-order chi connectivity index (χ0) is 29.6. The molecule has 10 heteroatoms. The lowest BCUT2D eigenvalue weighted by atomic mass is 10.2. The second kappa shape index (κ2) is 13.2. The lowest BCUT2D eigenvalue weighted by Gasteiger charge is -2.11. The van der Waals surface area contributed by atoms with Crippen molar-refractivity contribution in [3.8, 4) is 17.2 Å². The monoisotopic (exact) mass is 693 g/mol. The van der Waals surface area contributed by atoms with E-state index in [1.54, 1.807) is 36.4 Å². The molecule has 42 heavy (non-hydrogen) atoms. The third-order valence-corrected chi connectivity index (χ3v) is 7.51. The molecule has 2 aromatic heterocycles. The summed E-state index contributed by atoms with van der Waals surface area (Å²) in [4.78, 5) is 12.5. The van der Waals surface area contributed by atoms with Crippen molar-refractivity contribution in [2.24, 2.45) is 5.10 Å². The van der Waals surface area contributed by atoms with Gasteiger partial charge in [-0.1, -0.05) is 12.1 Å². The molecule has 0 radical (unpaired) electrons. The number of aromatic nitrogens is 1. The minimum Gasteiger partial charge on any atom is -0.487 e. The molecule has 2 heterocycles. The zero-order valence-corrected chi connectivity index (χ0v) is 25.9. The SMILES string of the molecule is Cc1ccc(C)n1-c1ccc(OCc2ccc(C(=O)N/N=C/c3cc(Br)c(OCc4ccc(F)cc4)c(Br)c3)o2)cc1. The summed E-state index contributed by atoms with van der Waals surface area (Å²) in [6.45, 7) is 4.59. The molecule has 0 aliphatic carbocycles. The van der Waals surface area contributed by atoms with E-state index in [9.17, 15) is 9.18 Å². The topological polar surface area (TPSA) is 78.0 Å². The molecule has 0 aliphatic heterocycles. The number of nitrogens with one attached hydrogen (secondary N) is 1. The summed E-state index contributed by atoms with van der Waals surface area (Å²) in [6, 6.07) is 25.0. The standard InChI is InChI=1S/C32H26Br2FN3O4/c1-20-3-4-21(2)38(20)25-9-11-26(12-10-25)40-19-27-13-14-30(42-27)32(39)37-36-17-23-15-28(33)31(29(34)16-23)41-18-22-5-7-24(35)8-6-22/h3-17H,18-19H2,1-2H3,(H,37,39)/b36-17+. The van der Waals surface area contributed by atoms with Gasteiger partial charge in [-0.3, -0.25) is 4.79 Å². The van der Waals surface area contributed by atoms with Crippen LogP contribution in [0.3, 0.4) is 0 Å². The van der Waals surface area contributed by atoms with Crippen molar-refractivity contribution in [2.45, 2.75) is 27.1 Å². The fourth-order valence-electron chi connectivity index (χ4n) is 4.25. The molecule has 7 nitrogen and oxygen atoms in total. The van der Waals surface area contributed by atoms with Gasteiger partial charge in [-0.25, -0.2) is 9.82 Å². The molecule has 5 rings (SSSR count). The highest BCUT2D eigenvalue weighted by atomic mass is 79.9. The number of hydrazone groups is 1. The predicted octanol–water partition coefficient (Wildman–Crippen LogP) is 8.27. The van der Waals surface area contributed by atoms with Crippen LogP contribution in [0.25, 0.3) is 5.69 Å². The van der Waals surface area contributed by atoms with Crippen molar-refractivity contribution in [1.82, 2.24) is 9.99 Å². The quantitative estimate of drug-likeness (QED) is 0.118. The number of aryl methyl sites for hydroxylation is 2. The Morgan fingerprint density at radius 3 is 2.24 bits per heavy atom. The number of benzene rings is 3. The number of rotatable bonds is 10. The first-order chi connectivity index (χ1) is 20.3. The number of nitrogens with zero attached hydrogens (tertiary/aromatic N) is 2. The molecule has 0 spiro atoms. The van der Waals surface area contributed by atoms with Gasteiger partial charge in [0.25, 0.3) is 0 Å². The van der Waals surface area contributed by atoms with Crippen molar-refractivity contribution in [3.05, 3.63) is 134 Å². The second-order valence-electron chi connectivity index (χ2n) is 9.43. The summed E-state index contributed by atoms with van der Waals surface area (Å²) < 4.78 is 34.0. The third-order valence-electron chi connectivity index (χ3n) is 6.33. The number of furan rings is 1. The highest BCUT2D eigenvalue weighted by molar-refractivity contribution is 9.11. The van der Waals surface area contributed by atoms with Crippen LogP contribution < -0.4 is 14.9 Å². The van der Waals surface area contributed by atoms with Gasteiger partial charge >= 0.3 is 5.91 Å². The van der Waals surface area contributed by atoms with Gasteiger partial charge in [-0.2, -0.15) is 5.10 Å². The van der Waals surface area contributed by atoms with Gasteiger partial charge in [0.1, 0.15) is 36.3 Å². The summed E-state index contributed by atoms with van der Waals surface area (Å²) in [6.07, 6.45) is 1.50. The predicted molar refractivity (Wildman–Crippen MR) is 166 cm³/mol. The first-order valence-electron chi connectivity index (χ1n) is 12.9. The molecule has 0 saturated carbocycles. The normalized spacial score (nSPS) is 11.2. The molecular weight excluding hydrogens is 669 g/mol. The molecule has 5 aromatic rings. The third kappa shape index (κ3) is 7.18. The Balaban J connectivity index is 1.12. The molecule has 1 N–H and O–H groups in total. The number of amides is 1. The van der Waals surface area contributed by atoms with Crippen LogP contribution in [0.2, 0.25) is 0 Å². The number of hydrogen-bond donors (Lipinski definition) is 1. The van der Waals surface area contributed by atoms with Crippen LogP contribution in [0, 0.1) is 19.7 Å². The molecule has 0 bridgehead atoms. The van der Waals surface area contributed by atoms with Crippen LogP contribution in [0.5, 0.6) is 11.5 Å².